The molecule has 1 fully saturated rings. The Kier molecular flexibility index (Phi) is 6.84. The molecule has 4 nitrogen and oxygen atoms in total. The number of esters is 1. The van der Waals surface area contributed by atoms with Gasteiger partial charge in [0.25, 0.3) is 0 Å². The normalized spacial score (nSPS) is 16.1. The number of carbonyl (C=O) groups is 1. The Balaban J connectivity index is 1.97. The van der Waals surface area contributed by atoms with Gasteiger partial charge in [-0.1, -0.05) is 38.2 Å². The Bertz CT molecular complexity index is 552. The predicted octanol–water partition coefficient (Wildman–Crippen LogP) is 4.18. The lowest BCUT2D eigenvalue weighted by molar-refractivity contribution is 0.0601. The van der Waals surface area contributed by atoms with Crippen molar-refractivity contribution in [3.8, 4) is 0 Å². The molecule has 0 aliphatic heterocycles. The van der Waals surface area contributed by atoms with E-state index < -0.39 is 0 Å². The van der Waals surface area contributed by atoms with Gasteiger partial charge in [-0.05, 0) is 49.7 Å². The molecule has 0 spiro atoms. The van der Waals surface area contributed by atoms with Crippen LogP contribution in [0.25, 0.3) is 0 Å². The summed E-state index contributed by atoms with van der Waals surface area (Å²) in [6.45, 7) is 1.99. The van der Waals surface area contributed by atoms with E-state index in [0.717, 1.165) is 11.3 Å². The summed E-state index contributed by atoms with van der Waals surface area (Å²) in [5.41, 5.74) is 2.41. The van der Waals surface area contributed by atoms with Gasteiger partial charge in [-0.25, -0.2) is 4.79 Å². The van der Waals surface area contributed by atoms with Crippen molar-refractivity contribution in [2.24, 2.45) is 0 Å². The number of hydrogen-bond donors (Lipinski definition) is 2. The molecule has 23 heavy (non-hydrogen) atoms. The second kappa shape index (κ2) is 8.87. The average molecular weight is 334 g/mol. The number of thiocarbonyl (C=S) groups is 1. The molecule has 0 saturated heterocycles. The molecule has 1 aliphatic carbocycles. The summed E-state index contributed by atoms with van der Waals surface area (Å²) in [5.74, 6) is -0.341. The third-order valence-electron chi connectivity index (χ3n) is 4.35. The summed E-state index contributed by atoms with van der Waals surface area (Å²) in [7, 11) is 1.39. The Labute approximate surface area is 144 Å². The summed E-state index contributed by atoms with van der Waals surface area (Å²) in [5, 5.41) is 7.28. The first-order chi connectivity index (χ1) is 11.1. The summed E-state index contributed by atoms with van der Waals surface area (Å²) in [6, 6.07) is 5.89. The van der Waals surface area contributed by atoms with Crippen molar-refractivity contribution in [2.45, 2.75) is 57.9 Å². The molecule has 0 atom stereocenters. The van der Waals surface area contributed by atoms with Crippen LogP contribution in [0, 0.1) is 6.92 Å². The molecule has 0 aromatic heterocycles. The molecule has 126 valence electrons. The maximum absolute atomic E-state index is 11.7. The third kappa shape index (κ3) is 5.50. The summed E-state index contributed by atoms with van der Waals surface area (Å²) < 4.78 is 4.77. The number of methoxy groups -OCH3 is 1. The molecule has 1 saturated carbocycles. The molecule has 2 rings (SSSR count). The molecular weight excluding hydrogens is 308 g/mol. The van der Waals surface area contributed by atoms with E-state index in [1.54, 1.807) is 12.1 Å². The van der Waals surface area contributed by atoms with Crippen LogP contribution in [-0.2, 0) is 4.74 Å². The van der Waals surface area contributed by atoms with E-state index in [1.807, 2.05) is 13.0 Å². The number of carbonyl (C=O) groups excluding carboxylic acids is 1. The number of benzene rings is 1. The molecule has 0 radical (unpaired) electrons. The van der Waals surface area contributed by atoms with Gasteiger partial charge in [-0.2, -0.15) is 0 Å². The van der Waals surface area contributed by atoms with Gasteiger partial charge in [0.05, 0.1) is 12.7 Å². The first-order valence-corrected chi connectivity index (χ1v) is 8.77. The van der Waals surface area contributed by atoms with E-state index >= 15 is 0 Å². The van der Waals surface area contributed by atoms with Crippen molar-refractivity contribution < 1.29 is 9.53 Å². The van der Waals surface area contributed by atoms with Crippen molar-refractivity contribution in [3.05, 3.63) is 29.3 Å². The first-order valence-electron chi connectivity index (χ1n) is 8.36. The van der Waals surface area contributed by atoms with Crippen molar-refractivity contribution in [1.82, 2.24) is 5.32 Å². The van der Waals surface area contributed by atoms with E-state index in [0.29, 0.717) is 16.7 Å². The monoisotopic (exact) mass is 334 g/mol. The van der Waals surface area contributed by atoms with Crippen molar-refractivity contribution >= 4 is 29.0 Å². The minimum absolute atomic E-state index is 0.341. The summed E-state index contributed by atoms with van der Waals surface area (Å²) >= 11 is 5.45. The molecule has 2 N–H and O–H groups in total. The van der Waals surface area contributed by atoms with Crippen LogP contribution in [0.5, 0.6) is 0 Å². The highest BCUT2D eigenvalue weighted by molar-refractivity contribution is 7.80. The number of hydrogen-bond acceptors (Lipinski definition) is 3. The van der Waals surface area contributed by atoms with Crippen LogP contribution in [0.1, 0.15) is 60.9 Å². The summed E-state index contributed by atoms with van der Waals surface area (Å²) in [4.78, 5) is 11.7. The second-order valence-corrected chi connectivity index (χ2v) is 6.57. The minimum Gasteiger partial charge on any atom is -0.465 e. The minimum atomic E-state index is -0.341. The van der Waals surface area contributed by atoms with Crippen LogP contribution >= 0.6 is 12.2 Å². The molecule has 0 unspecified atom stereocenters. The van der Waals surface area contributed by atoms with Gasteiger partial charge in [-0.3, -0.25) is 0 Å². The van der Waals surface area contributed by atoms with Crippen molar-refractivity contribution in [1.29, 1.82) is 0 Å². The fourth-order valence-corrected chi connectivity index (χ4v) is 3.22. The molecule has 0 amide bonds. The van der Waals surface area contributed by atoms with Gasteiger partial charge in [-0.15, -0.1) is 0 Å². The molecule has 1 aromatic rings. The van der Waals surface area contributed by atoms with Gasteiger partial charge in [0.1, 0.15) is 0 Å². The Hall–Kier alpha value is -1.62. The zero-order chi connectivity index (χ0) is 16.7. The fraction of sp³-hybridized carbons (Fsp3) is 0.556. The maximum atomic E-state index is 11.7. The maximum Gasteiger partial charge on any atom is 0.337 e. The number of nitrogens with one attached hydrogen (secondary N) is 2. The van der Waals surface area contributed by atoms with Crippen LogP contribution in [-0.4, -0.2) is 24.2 Å². The van der Waals surface area contributed by atoms with E-state index in [9.17, 15) is 4.79 Å². The zero-order valence-corrected chi connectivity index (χ0v) is 14.8. The Morgan fingerprint density at radius 3 is 2.48 bits per heavy atom. The Morgan fingerprint density at radius 2 is 1.83 bits per heavy atom. The number of aryl methyl sites for hydroxylation is 1. The number of anilines is 1. The molecule has 0 bridgehead atoms. The zero-order valence-electron chi connectivity index (χ0n) is 14.0. The highest BCUT2D eigenvalue weighted by Gasteiger charge is 2.13. The fourth-order valence-electron chi connectivity index (χ4n) is 2.95. The smallest absolute Gasteiger partial charge is 0.337 e. The largest absolute Gasteiger partial charge is 0.465 e. The SMILES string of the molecule is COC(=O)c1ccc(C)c(NC(=S)NC2CCCCCCC2)c1. The van der Waals surface area contributed by atoms with E-state index in [2.05, 4.69) is 10.6 Å². The van der Waals surface area contributed by atoms with Crippen LogP contribution < -0.4 is 10.6 Å². The third-order valence-corrected chi connectivity index (χ3v) is 4.57. The highest BCUT2D eigenvalue weighted by atomic mass is 32.1. The molecule has 0 heterocycles. The average Bonchev–Trinajstić information content (AvgIpc) is 2.51. The van der Waals surface area contributed by atoms with Crippen LogP contribution in [0.15, 0.2) is 18.2 Å². The van der Waals surface area contributed by atoms with Gasteiger partial charge in [0.2, 0.25) is 0 Å². The standard InChI is InChI=1S/C18H26N2O2S/c1-13-10-11-14(17(21)22-2)12-16(13)20-18(23)19-15-8-6-4-3-5-7-9-15/h10-12,15H,3-9H2,1-2H3,(H2,19,20,23). The van der Waals surface area contributed by atoms with E-state index in [1.165, 1.54) is 52.1 Å². The lowest BCUT2D eigenvalue weighted by atomic mass is 9.97. The number of rotatable bonds is 3. The van der Waals surface area contributed by atoms with Crippen LogP contribution in [0.3, 0.4) is 0 Å². The van der Waals surface area contributed by atoms with Crippen LogP contribution in [0.4, 0.5) is 5.69 Å². The lowest BCUT2D eigenvalue weighted by Gasteiger charge is -2.23. The van der Waals surface area contributed by atoms with Crippen LogP contribution in [0.2, 0.25) is 0 Å². The lowest BCUT2D eigenvalue weighted by Crippen LogP contribution is -2.38. The Morgan fingerprint density at radius 1 is 1.17 bits per heavy atom. The molecule has 1 aromatic carbocycles. The van der Waals surface area contributed by atoms with Gasteiger partial charge in [0.15, 0.2) is 5.11 Å². The van der Waals surface area contributed by atoms with Crippen molar-refractivity contribution in [2.75, 3.05) is 12.4 Å². The van der Waals surface area contributed by atoms with Gasteiger partial charge < -0.3 is 15.4 Å². The highest BCUT2D eigenvalue weighted by Crippen LogP contribution is 2.19. The van der Waals surface area contributed by atoms with Gasteiger partial charge >= 0.3 is 5.97 Å². The van der Waals surface area contributed by atoms with E-state index in [4.69, 9.17) is 17.0 Å². The molecule has 1 aliphatic rings. The molecule has 5 heteroatoms. The quantitative estimate of drug-likeness (QED) is 0.641. The topological polar surface area (TPSA) is 50.4 Å². The second-order valence-electron chi connectivity index (χ2n) is 6.16. The summed E-state index contributed by atoms with van der Waals surface area (Å²) in [6.07, 6.45) is 8.85. The van der Waals surface area contributed by atoms with E-state index in [-0.39, 0.29) is 5.97 Å². The van der Waals surface area contributed by atoms with Crippen molar-refractivity contribution in [3.63, 3.8) is 0 Å². The first kappa shape index (κ1) is 17.7. The predicted molar refractivity (Wildman–Crippen MR) is 98.0 cm³/mol. The van der Waals surface area contributed by atoms with Gasteiger partial charge in [0, 0.05) is 11.7 Å². The molecular formula is C18H26N2O2S. The number of ether oxygens (including phenoxy) is 1.